The molecule has 1 unspecified atom stereocenters. The standard InChI is InChI=1S/C22H33Cl2N/c1-15-4-7-21(8-5-15)25(3)14-17-11-18(12-17)16(2)10-19-13-20(23)6-9-22(19)24/h6,9,13,15-18,21H,4-5,7-8,10-12,14H2,1-3H3. The molecule has 2 fully saturated rings. The number of hydrogen-bond acceptors (Lipinski definition) is 1. The summed E-state index contributed by atoms with van der Waals surface area (Å²) in [5.41, 5.74) is 1.21. The molecule has 0 aliphatic heterocycles. The molecule has 0 radical (unpaired) electrons. The van der Waals surface area contributed by atoms with Gasteiger partial charge in [-0.2, -0.15) is 0 Å². The highest BCUT2D eigenvalue weighted by molar-refractivity contribution is 6.33. The predicted molar refractivity (Wildman–Crippen MR) is 110 cm³/mol. The monoisotopic (exact) mass is 381 g/mol. The molecule has 0 N–H and O–H groups in total. The van der Waals surface area contributed by atoms with Crippen molar-refractivity contribution in [3.63, 3.8) is 0 Å². The summed E-state index contributed by atoms with van der Waals surface area (Å²) in [6.07, 6.45) is 9.45. The van der Waals surface area contributed by atoms with Crippen molar-refractivity contribution in [1.82, 2.24) is 4.90 Å². The van der Waals surface area contributed by atoms with Crippen molar-refractivity contribution in [2.24, 2.45) is 23.7 Å². The highest BCUT2D eigenvalue weighted by Crippen LogP contribution is 2.41. The summed E-state index contributed by atoms with van der Waals surface area (Å²) in [7, 11) is 2.35. The molecule has 1 aromatic rings. The van der Waals surface area contributed by atoms with Crippen molar-refractivity contribution in [1.29, 1.82) is 0 Å². The second-order valence-electron chi connectivity index (χ2n) is 8.87. The van der Waals surface area contributed by atoms with Crippen molar-refractivity contribution in [3.05, 3.63) is 33.8 Å². The van der Waals surface area contributed by atoms with Gasteiger partial charge in [0.05, 0.1) is 0 Å². The van der Waals surface area contributed by atoms with Gasteiger partial charge in [-0.15, -0.1) is 0 Å². The van der Waals surface area contributed by atoms with Crippen molar-refractivity contribution < 1.29 is 0 Å². The van der Waals surface area contributed by atoms with Crippen LogP contribution >= 0.6 is 23.2 Å². The van der Waals surface area contributed by atoms with Crippen LogP contribution in [0.3, 0.4) is 0 Å². The van der Waals surface area contributed by atoms with Gasteiger partial charge in [0, 0.05) is 22.6 Å². The molecule has 1 nitrogen and oxygen atoms in total. The van der Waals surface area contributed by atoms with Gasteiger partial charge in [0.2, 0.25) is 0 Å². The summed E-state index contributed by atoms with van der Waals surface area (Å²) >= 11 is 12.5. The van der Waals surface area contributed by atoms with Gasteiger partial charge >= 0.3 is 0 Å². The van der Waals surface area contributed by atoms with Gasteiger partial charge in [-0.05, 0) is 99.4 Å². The van der Waals surface area contributed by atoms with Gasteiger partial charge in [0.25, 0.3) is 0 Å². The minimum Gasteiger partial charge on any atom is -0.303 e. The fourth-order valence-electron chi connectivity index (χ4n) is 4.85. The number of nitrogens with zero attached hydrogens (tertiary/aromatic N) is 1. The van der Waals surface area contributed by atoms with Gasteiger partial charge < -0.3 is 4.90 Å². The molecule has 1 atom stereocenters. The Morgan fingerprint density at radius 1 is 1.12 bits per heavy atom. The normalized spacial score (nSPS) is 31.0. The van der Waals surface area contributed by atoms with Gasteiger partial charge in [0.1, 0.15) is 0 Å². The number of rotatable bonds is 6. The lowest BCUT2D eigenvalue weighted by atomic mass is 9.67. The number of hydrogen-bond donors (Lipinski definition) is 0. The first-order chi connectivity index (χ1) is 11.9. The van der Waals surface area contributed by atoms with Crippen LogP contribution < -0.4 is 0 Å². The van der Waals surface area contributed by atoms with E-state index >= 15 is 0 Å². The second-order valence-corrected chi connectivity index (χ2v) is 9.71. The Bertz CT molecular complexity index is 559. The number of benzene rings is 1. The Morgan fingerprint density at radius 3 is 2.48 bits per heavy atom. The van der Waals surface area contributed by atoms with Crippen molar-refractivity contribution in [3.8, 4) is 0 Å². The first-order valence-corrected chi connectivity index (χ1v) is 10.8. The maximum absolute atomic E-state index is 6.33. The second kappa shape index (κ2) is 8.63. The predicted octanol–water partition coefficient (Wildman–Crippen LogP) is 6.71. The summed E-state index contributed by atoms with van der Waals surface area (Å²) in [6.45, 7) is 6.07. The van der Waals surface area contributed by atoms with E-state index < -0.39 is 0 Å². The first-order valence-electron chi connectivity index (χ1n) is 10.1. The van der Waals surface area contributed by atoms with E-state index in [9.17, 15) is 0 Å². The average molecular weight is 382 g/mol. The zero-order valence-electron chi connectivity index (χ0n) is 16.0. The molecule has 2 saturated carbocycles. The highest BCUT2D eigenvalue weighted by Gasteiger charge is 2.34. The average Bonchev–Trinajstić information content (AvgIpc) is 2.54. The molecule has 0 aromatic heterocycles. The maximum atomic E-state index is 6.33. The highest BCUT2D eigenvalue weighted by atomic mass is 35.5. The van der Waals surface area contributed by atoms with Crippen LogP contribution in [-0.4, -0.2) is 24.5 Å². The smallest absolute Gasteiger partial charge is 0.0439 e. The Morgan fingerprint density at radius 2 is 1.80 bits per heavy atom. The van der Waals surface area contributed by atoms with Crippen LogP contribution in [0.15, 0.2) is 18.2 Å². The van der Waals surface area contributed by atoms with Crippen molar-refractivity contribution >= 4 is 23.2 Å². The van der Waals surface area contributed by atoms with E-state index in [1.807, 2.05) is 18.2 Å². The first kappa shape index (κ1) is 19.5. The molecule has 25 heavy (non-hydrogen) atoms. The van der Waals surface area contributed by atoms with E-state index in [0.29, 0.717) is 5.92 Å². The zero-order valence-corrected chi connectivity index (χ0v) is 17.5. The van der Waals surface area contributed by atoms with Gasteiger partial charge in [-0.1, -0.05) is 37.0 Å². The van der Waals surface area contributed by atoms with Crippen LogP contribution in [0.2, 0.25) is 10.0 Å². The molecular formula is C22H33Cl2N. The molecular weight excluding hydrogens is 349 g/mol. The van der Waals surface area contributed by atoms with Gasteiger partial charge in [0.15, 0.2) is 0 Å². The molecule has 2 aliphatic carbocycles. The van der Waals surface area contributed by atoms with E-state index in [-0.39, 0.29) is 0 Å². The maximum Gasteiger partial charge on any atom is 0.0439 e. The lowest BCUT2D eigenvalue weighted by Crippen LogP contribution is -2.42. The molecule has 0 spiro atoms. The molecule has 2 aliphatic rings. The van der Waals surface area contributed by atoms with Crippen molar-refractivity contribution in [2.75, 3.05) is 13.6 Å². The largest absolute Gasteiger partial charge is 0.303 e. The van der Waals surface area contributed by atoms with Gasteiger partial charge in [-0.3, -0.25) is 0 Å². The Kier molecular flexibility index (Phi) is 6.74. The van der Waals surface area contributed by atoms with Crippen LogP contribution in [0.25, 0.3) is 0 Å². The molecule has 0 saturated heterocycles. The zero-order chi connectivity index (χ0) is 18.0. The molecule has 3 heteroatoms. The summed E-state index contributed by atoms with van der Waals surface area (Å²) in [6, 6.07) is 6.67. The summed E-state index contributed by atoms with van der Waals surface area (Å²) in [4.78, 5) is 2.66. The Hall–Kier alpha value is -0.240. The molecule has 0 heterocycles. The lowest BCUT2D eigenvalue weighted by Gasteiger charge is -2.43. The lowest BCUT2D eigenvalue weighted by molar-refractivity contribution is 0.0706. The minimum absolute atomic E-state index is 0.688. The van der Waals surface area contributed by atoms with Crippen molar-refractivity contribution in [2.45, 2.75) is 64.8 Å². The molecule has 140 valence electrons. The summed E-state index contributed by atoms with van der Waals surface area (Å²) in [5, 5.41) is 1.65. The van der Waals surface area contributed by atoms with Crippen LogP contribution in [0, 0.1) is 23.7 Å². The van der Waals surface area contributed by atoms with Crippen LogP contribution in [0.1, 0.15) is 57.9 Å². The Labute approximate surface area is 164 Å². The third kappa shape index (κ3) is 5.15. The van der Waals surface area contributed by atoms with Gasteiger partial charge in [-0.25, -0.2) is 0 Å². The molecule has 0 bridgehead atoms. The van der Waals surface area contributed by atoms with E-state index in [2.05, 4.69) is 25.8 Å². The number of halogens is 2. The minimum atomic E-state index is 0.688. The quantitative estimate of drug-likeness (QED) is 0.529. The van der Waals surface area contributed by atoms with E-state index in [1.54, 1.807) is 0 Å². The van der Waals surface area contributed by atoms with E-state index in [0.717, 1.165) is 40.3 Å². The molecule has 1 aromatic carbocycles. The van der Waals surface area contributed by atoms with Crippen LogP contribution in [0.4, 0.5) is 0 Å². The summed E-state index contributed by atoms with van der Waals surface area (Å²) in [5.74, 6) is 3.37. The molecule has 3 rings (SSSR count). The fraction of sp³-hybridized carbons (Fsp3) is 0.727. The SMILES string of the molecule is CC1CCC(N(C)CC2CC(C(C)Cc3cc(Cl)ccc3Cl)C2)CC1. The van der Waals surface area contributed by atoms with Crippen LogP contribution in [-0.2, 0) is 6.42 Å². The summed E-state index contributed by atoms with van der Waals surface area (Å²) < 4.78 is 0. The topological polar surface area (TPSA) is 3.24 Å². The fourth-order valence-corrected chi connectivity index (χ4v) is 5.24. The third-order valence-electron chi connectivity index (χ3n) is 6.78. The van der Waals surface area contributed by atoms with Crippen LogP contribution in [0.5, 0.6) is 0 Å². The third-order valence-corrected chi connectivity index (χ3v) is 7.39. The Balaban J connectivity index is 1.42. The van der Waals surface area contributed by atoms with E-state index in [1.165, 1.54) is 50.6 Å². The van der Waals surface area contributed by atoms with E-state index in [4.69, 9.17) is 23.2 Å². The molecule has 0 amide bonds.